The van der Waals surface area contributed by atoms with E-state index in [1.165, 1.54) is 0 Å². The molecule has 5 unspecified atom stereocenters. The van der Waals surface area contributed by atoms with Crippen LogP contribution in [0.3, 0.4) is 0 Å². The molecule has 1 saturated carbocycles. The van der Waals surface area contributed by atoms with Crippen molar-refractivity contribution < 1.29 is 14.3 Å². The first-order valence-corrected chi connectivity index (χ1v) is 12.5. The Labute approximate surface area is 154 Å². The fraction of sp³-hybridized carbons (Fsp3) is 0.947. The molecular formula is C19H38N2O3Si. The van der Waals surface area contributed by atoms with Crippen LogP contribution in [0.5, 0.6) is 0 Å². The Hall–Kier alpha value is -0.433. The molecule has 1 aliphatic carbocycles. The highest BCUT2D eigenvalue weighted by Crippen LogP contribution is 2.51. The third-order valence-corrected chi connectivity index (χ3v) is 10.4. The SMILES string of the molecule is CC(C)(C)OC1=NC(CO)C(O[Si](C)(C)C(C)(C)C)C(CN)C2CC12. The molecule has 1 heterocycles. The van der Waals surface area contributed by atoms with E-state index in [1.807, 2.05) is 20.8 Å². The number of aliphatic imine (C=N–C) groups is 1. The Morgan fingerprint density at radius 2 is 1.80 bits per heavy atom. The highest BCUT2D eigenvalue weighted by Gasteiger charge is 2.55. The minimum absolute atomic E-state index is 0.0355. The first-order chi connectivity index (χ1) is 11.3. The van der Waals surface area contributed by atoms with Gasteiger partial charge in [0.15, 0.2) is 14.2 Å². The molecule has 0 aromatic carbocycles. The number of aliphatic hydroxyl groups is 1. The maximum Gasteiger partial charge on any atom is 0.192 e. The van der Waals surface area contributed by atoms with Crippen molar-refractivity contribution in [3.8, 4) is 0 Å². The first kappa shape index (κ1) is 20.9. The quantitative estimate of drug-likeness (QED) is 0.745. The first-order valence-electron chi connectivity index (χ1n) is 9.56. The predicted octanol–water partition coefficient (Wildman–Crippen LogP) is 3.18. The number of hydrogen-bond donors (Lipinski definition) is 2. The van der Waals surface area contributed by atoms with E-state index in [2.05, 4.69) is 33.9 Å². The third kappa shape index (κ3) is 4.65. The van der Waals surface area contributed by atoms with Gasteiger partial charge in [-0.15, -0.1) is 0 Å². The van der Waals surface area contributed by atoms with Crippen molar-refractivity contribution in [2.24, 2.45) is 28.5 Å². The lowest BCUT2D eigenvalue weighted by Crippen LogP contribution is -2.51. The fourth-order valence-corrected chi connectivity index (χ4v) is 4.75. The Bertz CT molecular complexity index is 508. The van der Waals surface area contributed by atoms with Gasteiger partial charge in [0.05, 0.1) is 12.7 Å². The maximum atomic E-state index is 10.0. The van der Waals surface area contributed by atoms with Gasteiger partial charge in [-0.1, -0.05) is 20.8 Å². The van der Waals surface area contributed by atoms with Crippen LogP contribution < -0.4 is 5.73 Å². The summed E-state index contributed by atoms with van der Waals surface area (Å²) in [6.07, 6.45) is 0.929. The monoisotopic (exact) mass is 370 g/mol. The van der Waals surface area contributed by atoms with Crippen LogP contribution in [-0.4, -0.2) is 50.2 Å². The average Bonchev–Trinajstić information content (AvgIpc) is 3.20. The Morgan fingerprint density at radius 1 is 1.20 bits per heavy atom. The molecule has 1 fully saturated rings. The van der Waals surface area contributed by atoms with Crippen LogP contribution in [0.25, 0.3) is 0 Å². The number of ether oxygens (including phenoxy) is 1. The van der Waals surface area contributed by atoms with Gasteiger partial charge in [-0.3, -0.25) is 0 Å². The summed E-state index contributed by atoms with van der Waals surface area (Å²) in [5.74, 6) is 1.80. The summed E-state index contributed by atoms with van der Waals surface area (Å²) in [7, 11) is -1.99. The van der Waals surface area contributed by atoms with Crippen LogP contribution >= 0.6 is 0 Å². The molecule has 5 nitrogen and oxygen atoms in total. The molecule has 146 valence electrons. The average molecular weight is 371 g/mol. The summed E-state index contributed by atoms with van der Waals surface area (Å²) >= 11 is 0. The topological polar surface area (TPSA) is 77.1 Å². The van der Waals surface area contributed by atoms with Gasteiger partial charge in [-0.25, -0.2) is 4.99 Å². The van der Waals surface area contributed by atoms with Crippen molar-refractivity contribution in [3.63, 3.8) is 0 Å². The van der Waals surface area contributed by atoms with Crippen molar-refractivity contribution in [3.05, 3.63) is 0 Å². The molecule has 0 bridgehead atoms. The lowest BCUT2D eigenvalue weighted by molar-refractivity contribution is 0.0632. The predicted molar refractivity (Wildman–Crippen MR) is 105 cm³/mol. The van der Waals surface area contributed by atoms with Crippen LogP contribution in [0, 0.1) is 17.8 Å². The third-order valence-electron chi connectivity index (χ3n) is 5.91. The Kier molecular flexibility index (Phi) is 5.80. The molecule has 0 radical (unpaired) electrons. The normalized spacial score (nSPS) is 33.4. The highest BCUT2D eigenvalue weighted by atomic mass is 28.4. The van der Waals surface area contributed by atoms with E-state index in [4.69, 9.17) is 19.9 Å². The molecule has 3 N–H and O–H groups in total. The molecule has 1 aliphatic heterocycles. The molecule has 0 aromatic heterocycles. The van der Waals surface area contributed by atoms with Crippen molar-refractivity contribution >= 4 is 14.2 Å². The molecular weight excluding hydrogens is 332 g/mol. The number of nitrogens with zero attached hydrogens (tertiary/aromatic N) is 1. The summed E-state index contributed by atoms with van der Waals surface area (Å²) < 4.78 is 12.9. The number of rotatable bonds is 4. The Balaban J connectivity index is 2.33. The summed E-state index contributed by atoms with van der Waals surface area (Å²) in [6.45, 7) is 17.8. The van der Waals surface area contributed by atoms with Crippen LogP contribution in [0.4, 0.5) is 0 Å². The number of hydrogen-bond acceptors (Lipinski definition) is 5. The van der Waals surface area contributed by atoms with E-state index >= 15 is 0 Å². The highest BCUT2D eigenvalue weighted by molar-refractivity contribution is 6.74. The van der Waals surface area contributed by atoms with E-state index < -0.39 is 8.32 Å². The van der Waals surface area contributed by atoms with Gasteiger partial charge in [-0.05, 0) is 57.8 Å². The Morgan fingerprint density at radius 3 is 2.24 bits per heavy atom. The molecule has 0 saturated heterocycles. The van der Waals surface area contributed by atoms with Gasteiger partial charge < -0.3 is 20.0 Å². The van der Waals surface area contributed by atoms with Gasteiger partial charge in [-0.2, -0.15) is 0 Å². The van der Waals surface area contributed by atoms with Crippen molar-refractivity contribution in [1.82, 2.24) is 0 Å². The minimum Gasteiger partial charge on any atom is -0.475 e. The molecule has 2 rings (SSSR count). The summed E-state index contributed by atoms with van der Waals surface area (Å²) in [5, 5.41) is 10.2. The zero-order valence-corrected chi connectivity index (χ0v) is 18.3. The molecule has 6 heteroatoms. The zero-order valence-electron chi connectivity index (χ0n) is 17.3. The van der Waals surface area contributed by atoms with Gasteiger partial charge >= 0.3 is 0 Å². The van der Waals surface area contributed by atoms with Crippen molar-refractivity contribution in [2.45, 2.75) is 83.8 Å². The summed E-state index contributed by atoms with van der Waals surface area (Å²) in [5.41, 5.74) is 5.87. The molecule has 0 aromatic rings. The molecule has 5 atom stereocenters. The second-order valence-electron chi connectivity index (χ2n) is 10.2. The lowest BCUT2D eigenvalue weighted by Gasteiger charge is -2.42. The molecule has 2 aliphatic rings. The number of aliphatic hydroxyl groups excluding tert-OH is 1. The molecule has 0 spiro atoms. The van der Waals surface area contributed by atoms with E-state index in [0.29, 0.717) is 18.4 Å². The molecule has 25 heavy (non-hydrogen) atoms. The van der Waals surface area contributed by atoms with Crippen LogP contribution in [-0.2, 0) is 9.16 Å². The van der Waals surface area contributed by atoms with E-state index in [9.17, 15) is 5.11 Å². The van der Waals surface area contributed by atoms with E-state index in [0.717, 1.165) is 12.3 Å². The standard InChI is InChI=1S/C19H38N2O3Si/c1-18(2,3)23-17-13-9-12(13)14(10-20)16(15(11-22)21-17)24-25(7,8)19(4,5)6/h12-16,22H,9-11,20H2,1-8H3. The molecule has 0 amide bonds. The van der Waals surface area contributed by atoms with Gasteiger partial charge in [0, 0.05) is 11.8 Å². The lowest BCUT2D eigenvalue weighted by atomic mass is 9.92. The summed E-state index contributed by atoms with van der Waals surface area (Å²) in [4.78, 5) is 4.83. The van der Waals surface area contributed by atoms with Gasteiger partial charge in [0.2, 0.25) is 0 Å². The van der Waals surface area contributed by atoms with Crippen molar-refractivity contribution in [2.75, 3.05) is 13.2 Å². The van der Waals surface area contributed by atoms with Crippen LogP contribution in [0.15, 0.2) is 4.99 Å². The largest absolute Gasteiger partial charge is 0.475 e. The maximum absolute atomic E-state index is 10.0. The van der Waals surface area contributed by atoms with E-state index in [-0.39, 0.29) is 35.3 Å². The van der Waals surface area contributed by atoms with Crippen molar-refractivity contribution in [1.29, 1.82) is 0 Å². The fourth-order valence-electron chi connectivity index (χ4n) is 3.39. The summed E-state index contributed by atoms with van der Waals surface area (Å²) in [6, 6.07) is -0.298. The number of nitrogens with two attached hydrogens (primary N) is 1. The number of fused-ring (bicyclic) bond motifs is 1. The van der Waals surface area contributed by atoms with Crippen LogP contribution in [0.1, 0.15) is 48.0 Å². The van der Waals surface area contributed by atoms with Crippen LogP contribution in [0.2, 0.25) is 18.1 Å². The van der Waals surface area contributed by atoms with E-state index in [1.54, 1.807) is 0 Å². The zero-order chi connectivity index (χ0) is 19.2. The smallest absolute Gasteiger partial charge is 0.192 e. The van der Waals surface area contributed by atoms with Gasteiger partial charge in [0.1, 0.15) is 11.6 Å². The second kappa shape index (κ2) is 6.95. The minimum atomic E-state index is -1.99. The van der Waals surface area contributed by atoms with Gasteiger partial charge in [0.25, 0.3) is 0 Å². The second-order valence-corrected chi connectivity index (χ2v) is 14.9.